The van der Waals surface area contributed by atoms with Crippen molar-refractivity contribution in [2.75, 3.05) is 45.8 Å². The minimum Gasteiger partial charge on any atom is -0.338 e. The van der Waals surface area contributed by atoms with Gasteiger partial charge in [-0.05, 0) is 31.9 Å². The maximum atomic E-state index is 12.7. The van der Waals surface area contributed by atoms with Gasteiger partial charge in [0.05, 0.1) is 44.5 Å². The molecule has 0 saturated carbocycles. The first-order valence-corrected chi connectivity index (χ1v) is 10.8. The molecule has 0 spiro atoms. The van der Waals surface area contributed by atoms with Gasteiger partial charge in [0.1, 0.15) is 5.37 Å². The summed E-state index contributed by atoms with van der Waals surface area (Å²) in [4.78, 5) is 30.1. The molecule has 2 aliphatic rings. The molecule has 2 atom stereocenters. The summed E-state index contributed by atoms with van der Waals surface area (Å²) >= 11 is 1.75. The van der Waals surface area contributed by atoms with Crippen molar-refractivity contribution in [1.82, 2.24) is 15.1 Å². The Balaban J connectivity index is 1.57. The topological polar surface area (TPSA) is 57.1 Å². The van der Waals surface area contributed by atoms with E-state index in [1.165, 1.54) is 16.0 Å². The summed E-state index contributed by atoms with van der Waals surface area (Å²) in [6, 6.07) is 8.40. The molecule has 1 aromatic carbocycles. The van der Waals surface area contributed by atoms with E-state index in [-0.39, 0.29) is 22.6 Å². The number of carbonyl (C=O) groups is 2. The average Bonchev–Trinajstić information content (AvgIpc) is 2.95. The van der Waals surface area contributed by atoms with Gasteiger partial charge in [0.15, 0.2) is 0 Å². The van der Waals surface area contributed by atoms with Crippen LogP contribution >= 0.6 is 11.8 Å². The Morgan fingerprint density at radius 2 is 2.00 bits per heavy atom. The zero-order valence-electron chi connectivity index (χ0n) is 16.5. The largest absolute Gasteiger partial charge is 0.338 e. The SMILES string of the molecule is CCNC(=O)N1CC[NH+](CCN2C(=O)[C@@H](C)S[C@@H]2c2ccccc2C)CC1. The smallest absolute Gasteiger partial charge is 0.317 e. The lowest BCUT2D eigenvalue weighted by molar-refractivity contribution is -0.903. The van der Waals surface area contributed by atoms with Crippen LogP contribution in [-0.2, 0) is 4.79 Å². The third-order valence-corrected chi connectivity index (χ3v) is 6.87. The number of quaternary nitrogens is 1. The third-order valence-electron chi connectivity index (χ3n) is 5.49. The minimum atomic E-state index is 0.0131. The van der Waals surface area contributed by atoms with Crippen molar-refractivity contribution in [3.05, 3.63) is 35.4 Å². The highest BCUT2D eigenvalue weighted by atomic mass is 32.2. The second kappa shape index (κ2) is 8.97. The lowest BCUT2D eigenvalue weighted by Gasteiger charge is -2.33. The molecule has 2 aliphatic heterocycles. The summed E-state index contributed by atoms with van der Waals surface area (Å²) in [5, 5.41) is 3.00. The molecule has 0 aromatic heterocycles. The van der Waals surface area contributed by atoms with E-state index >= 15 is 0 Å². The molecule has 2 N–H and O–H groups in total. The first-order valence-electron chi connectivity index (χ1n) is 9.89. The second-order valence-corrected chi connectivity index (χ2v) is 8.77. The van der Waals surface area contributed by atoms with Gasteiger partial charge in [-0.3, -0.25) is 4.79 Å². The zero-order valence-corrected chi connectivity index (χ0v) is 17.3. The fraction of sp³-hybridized carbons (Fsp3) is 0.600. The van der Waals surface area contributed by atoms with Crippen LogP contribution in [0.3, 0.4) is 0 Å². The summed E-state index contributed by atoms with van der Waals surface area (Å²) < 4.78 is 0. The number of thioether (sulfide) groups is 1. The molecule has 0 bridgehead atoms. The van der Waals surface area contributed by atoms with Gasteiger partial charge in [-0.2, -0.15) is 0 Å². The van der Waals surface area contributed by atoms with Gasteiger partial charge in [0.2, 0.25) is 5.91 Å². The van der Waals surface area contributed by atoms with E-state index in [4.69, 9.17) is 0 Å². The molecule has 2 saturated heterocycles. The van der Waals surface area contributed by atoms with Gasteiger partial charge < -0.3 is 20.0 Å². The van der Waals surface area contributed by atoms with Crippen LogP contribution in [0.4, 0.5) is 4.79 Å². The molecule has 6 nitrogen and oxygen atoms in total. The monoisotopic (exact) mass is 391 g/mol. The van der Waals surface area contributed by atoms with E-state index in [2.05, 4.69) is 35.3 Å². The number of hydrogen-bond donors (Lipinski definition) is 2. The first kappa shape index (κ1) is 20.0. The van der Waals surface area contributed by atoms with Crippen molar-refractivity contribution >= 4 is 23.7 Å². The van der Waals surface area contributed by atoms with E-state index in [1.54, 1.807) is 11.8 Å². The number of nitrogens with one attached hydrogen (secondary N) is 2. The van der Waals surface area contributed by atoms with Crippen LogP contribution in [0.1, 0.15) is 30.3 Å². The maximum Gasteiger partial charge on any atom is 0.317 e. The number of aryl methyl sites for hydroxylation is 1. The molecule has 0 radical (unpaired) electrons. The standard InChI is InChI=1S/C20H30N4O2S/c1-4-21-20(26)23-12-9-22(10-13-23)11-14-24-18(25)16(3)27-19(24)17-8-6-5-7-15(17)2/h5-8,16,19H,4,9-14H2,1-3H3,(H,21,26)/p+1/t16-,19-/m1/s1. The van der Waals surface area contributed by atoms with E-state index in [0.29, 0.717) is 6.54 Å². The normalized spacial score (nSPS) is 23.7. The number of benzene rings is 1. The van der Waals surface area contributed by atoms with Crippen LogP contribution in [-0.4, -0.2) is 72.8 Å². The highest BCUT2D eigenvalue weighted by Gasteiger charge is 2.39. The Kier molecular flexibility index (Phi) is 6.65. The van der Waals surface area contributed by atoms with Crippen molar-refractivity contribution in [1.29, 1.82) is 0 Å². The number of piperazine rings is 1. The van der Waals surface area contributed by atoms with Crippen LogP contribution < -0.4 is 10.2 Å². The Hall–Kier alpha value is -1.73. The van der Waals surface area contributed by atoms with Crippen LogP contribution in [0.25, 0.3) is 0 Å². The molecule has 0 unspecified atom stereocenters. The molecular formula is C20H31N4O2S+. The van der Waals surface area contributed by atoms with Crippen molar-refractivity contribution in [2.24, 2.45) is 0 Å². The van der Waals surface area contributed by atoms with Crippen LogP contribution in [0, 0.1) is 6.92 Å². The molecule has 27 heavy (non-hydrogen) atoms. The molecule has 2 heterocycles. The first-order chi connectivity index (χ1) is 13.0. The molecule has 148 valence electrons. The van der Waals surface area contributed by atoms with Gasteiger partial charge >= 0.3 is 6.03 Å². The number of rotatable bonds is 5. The van der Waals surface area contributed by atoms with E-state index in [9.17, 15) is 9.59 Å². The van der Waals surface area contributed by atoms with E-state index in [0.717, 1.165) is 39.3 Å². The minimum absolute atomic E-state index is 0.0131. The Bertz CT molecular complexity index is 676. The maximum absolute atomic E-state index is 12.7. The summed E-state index contributed by atoms with van der Waals surface area (Å²) in [7, 11) is 0. The van der Waals surface area contributed by atoms with Gasteiger partial charge in [-0.1, -0.05) is 24.3 Å². The van der Waals surface area contributed by atoms with Crippen molar-refractivity contribution in [3.8, 4) is 0 Å². The lowest BCUT2D eigenvalue weighted by Crippen LogP contribution is -3.15. The summed E-state index contributed by atoms with van der Waals surface area (Å²) in [6.45, 7) is 11.9. The highest BCUT2D eigenvalue weighted by molar-refractivity contribution is 8.01. The molecule has 3 amide bonds. The number of nitrogens with zero attached hydrogens (tertiary/aromatic N) is 2. The number of hydrogen-bond acceptors (Lipinski definition) is 3. The van der Waals surface area contributed by atoms with Crippen LogP contribution in [0.15, 0.2) is 24.3 Å². The predicted molar refractivity (Wildman–Crippen MR) is 109 cm³/mol. The quantitative estimate of drug-likeness (QED) is 0.784. The van der Waals surface area contributed by atoms with E-state index < -0.39 is 0 Å². The lowest BCUT2D eigenvalue weighted by atomic mass is 10.1. The highest BCUT2D eigenvalue weighted by Crippen LogP contribution is 2.43. The summed E-state index contributed by atoms with van der Waals surface area (Å²) in [5.74, 6) is 0.244. The van der Waals surface area contributed by atoms with Crippen LogP contribution in [0.2, 0.25) is 0 Å². The Labute approximate surface area is 166 Å². The second-order valence-electron chi connectivity index (χ2n) is 7.34. The molecule has 0 aliphatic carbocycles. The number of carbonyl (C=O) groups excluding carboxylic acids is 2. The third kappa shape index (κ3) is 4.58. The van der Waals surface area contributed by atoms with Crippen LogP contribution in [0.5, 0.6) is 0 Å². The van der Waals surface area contributed by atoms with Crippen molar-refractivity contribution in [3.63, 3.8) is 0 Å². The summed E-state index contributed by atoms with van der Waals surface area (Å²) in [5.41, 5.74) is 2.49. The molecule has 2 fully saturated rings. The number of amides is 3. The average molecular weight is 392 g/mol. The summed E-state index contributed by atoms with van der Waals surface area (Å²) in [6.07, 6.45) is 0. The number of urea groups is 1. The fourth-order valence-electron chi connectivity index (χ4n) is 3.82. The molecule has 3 rings (SSSR count). The van der Waals surface area contributed by atoms with Gasteiger partial charge in [-0.25, -0.2) is 4.79 Å². The molecular weight excluding hydrogens is 360 g/mol. The van der Waals surface area contributed by atoms with Crippen molar-refractivity contribution < 1.29 is 14.5 Å². The fourth-order valence-corrected chi connectivity index (χ4v) is 5.23. The predicted octanol–water partition coefficient (Wildman–Crippen LogP) is 0.888. The molecule has 7 heteroatoms. The van der Waals surface area contributed by atoms with Gasteiger partial charge in [-0.15, -0.1) is 11.8 Å². The van der Waals surface area contributed by atoms with E-state index in [1.807, 2.05) is 24.8 Å². The Morgan fingerprint density at radius 1 is 1.30 bits per heavy atom. The zero-order chi connectivity index (χ0) is 19.4. The molecule has 1 aromatic rings. The Morgan fingerprint density at radius 3 is 2.67 bits per heavy atom. The van der Waals surface area contributed by atoms with Gasteiger partial charge in [0, 0.05) is 6.54 Å². The van der Waals surface area contributed by atoms with Crippen molar-refractivity contribution in [2.45, 2.75) is 31.4 Å². The van der Waals surface area contributed by atoms with Gasteiger partial charge in [0.25, 0.3) is 0 Å².